The number of amides is 1. The largest absolute Gasteiger partial charge is 0.468 e. The number of methoxy groups -OCH3 is 2. The molecule has 0 spiro atoms. The number of nitrogens with zero attached hydrogens (tertiary/aromatic N) is 1. The summed E-state index contributed by atoms with van der Waals surface area (Å²) in [6.07, 6.45) is 3.33. The number of ether oxygens (including phenoxy) is 3. The lowest BCUT2D eigenvalue weighted by Gasteiger charge is -2.27. The van der Waals surface area contributed by atoms with E-state index >= 15 is 0 Å². The van der Waals surface area contributed by atoms with Gasteiger partial charge < -0.3 is 25.3 Å². The van der Waals surface area contributed by atoms with Crippen LogP contribution in [-0.2, 0) is 43.2 Å². The average molecular weight is 558 g/mol. The van der Waals surface area contributed by atoms with Gasteiger partial charge in [-0.05, 0) is 42.7 Å². The molecule has 3 N–H and O–H groups in total. The van der Waals surface area contributed by atoms with E-state index in [-0.39, 0.29) is 25.0 Å². The lowest BCUT2D eigenvalue weighted by atomic mass is 9.93. The number of halogens is 1. The highest BCUT2D eigenvalue weighted by atomic mass is 35.5. The smallest absolute Gasteiger partial charge is 0.408 e. The zero-order valence-electron chi connectivity index (χ0n) is 22.6. The molecule has 3 rings (SSSR count). The first-order valence-corrected chi connectivity index (χ1v) is 12.0. The van der Waals surface area contributed by atoms with Crippen molar-refractivity contribution in [2.75, 3.05) is 14.2 Å². The van der Waals surface area contributed by atoms with Crippen molar-refractivity contribution in [3.63, 3.8) is 0 Å². The number of benzene rings is 2. The number of carbonyl (C=O) groups is 3. The van der Waals surface area contributed by atoms with Crippen LogP contribution in [-0.4, -0.2) is 48.3 Å². The predicted molar refractivity (Wildman–Crippen MR) is 150 cm³/mol. The fraction of sp³-hybridized carbons (Fsp3) is 0.310. The van der Waals surface area contributed by atoms with Gasteiger partial charge in [-0.1, -0.05) is 60.7 Å². The Balaban J connectivity index is 0.000000434. The Morgan fingerprint density at radius 2 is 1.26 bits per heavy atom. The molecule has 1 aromatic heterocycles. The molecule has 0 unspecified atom stereocenters. The van der Waals surface area contributed by atoms with Crippen LogP contribution < -0.4 is 11.1 Å². The van der Waals surface area contributed by atoms with Crippen LogP contribution in [0.4, 0.5) is 4.79 Å². The summed E-state index contributed by atoms with van der Waals surface area (Å²) in [7, 11) is 2.63. The van der Waals surface area contributed by atoms with E-state index in [0.717, 1.165) is 16.7 Å². The van der Waals surface area contributed by atoms with E-state index in [9.17, 15) is 14.4 Å². The molecule has 39 heavy (non-hydrogen) atoms. The molecular formula is C29H36ClN3O6. The lowest BCUT2D eigenvalue weighted by molar-refractivity contribution is -0.148. The van der Waals surface area contributed by atoms with E-state index in [4.69, 9.17) is 15.2 Å². The topological polar surface area (TPSA) is 130 Å². The first-order valence-electron chi connectivity index (χ1n) is 12.0. The quantitative estimate of drug-likeness (QED) is 0.298. The Hall–Kier alpha value is -3.95. The Kier molecular flexibility index (Phi) is 13.7. The zero-order valence-corrected chi connectivity index (χ0v) is 23.4. The number of hydrogen-bond donors (Lipinski definition) is 2. The Morgan fingerprint density at radius 3 is 1.74 bits per heavy atom. The van der Waals surface area contributed by atoms with Gasteiger partial charge in [0.05, 0.1) is 14.2 Å². The van der Waals surface area contributed by atoms with Gasteiger partial charge in [-0.3, -0.25) is 9.78 Å². The summed E-state index contributed by atoms with van der Waals surface area (Å²) in [5.41, 5.74) is 6.40. The molecule has 0 radical (unpaired) electrons. The van der Waals surface area contributed by atoms with E-state index in [1.165, 1.54) is 14.2 Å². The van der Waals surface area contributed by atoms with E-state index in [2.05, 4.69) is 15.0 Å². The van der Waals surface area contributed by atoms with Gasteiger partial charge in [-0.25, -0.2) is 9.59 Å². The van der Waals surface area contributed by atoms with Crippen molar-refractivity contribution < 1.29 is 28.6 Å². The minimum absolute atomic E-state index is 0. The molecule has 0 aliphatic rings. The summed E-state index contributed by atoms with van der Waals surface area (Å²) >= 11 is 0. The second kappa shape index (κ2) is 16.1. The molecule has 0 aliphatic carbocycles. The highest BCUT2D eigenvalue weighted by Crippen LogP contribution is 2.16. The number of hydrogen-bond acceptors (Lipinski definition) is 8. The monoisotopic (exact) mass is 557 g/mol. The minimum Gasteiger partial charge on any atom is -0.468 e. The average Bonchev–Trinajstić information content (AvgIpc) is 2.92. The summed E-state index contributed by atoms with van der Waals surface area (Å²) in [4.78, 5) is 39.4. The van der Waals surface area contributed by atoms with Gasteiger partial charge in [-0.2, -0.15) is 0 Å². The van der Waals surface area contributed by atoms with Crippen LogP contribution in [0.15, 0.2) is 85.2 Å². The Bertz CT molecular complexity index is 1160. The number of nitrogens with one attached hydrogen (secondary N) is 1. The van der Waals surface area contributed by atoms with Crippen molar-refractivity contribution in [1.82, 2.24) is 10.3 Å². The third-order valence-electron chi connectivity index (χ3n) is 5.60. The summed E-state index contributed by atoms with van der Waals surface area (Å²) in [5, 5.41) is 2.61. The molecule has 2 atom stereocenters. The lowest BCUT2D eigenvalue weighted by Crippen LogP contribution is -2.54. The molecule has 9 nitrogen and oxygen atoms in total. The van der Waals surface area contributed by atoms with Crippen molar-refractivity contribution in [2.24, 2.45) is 5.73 Å². The zero-order chi connectivity index (χ0) is 28.0. The number of esters is 2. The van der Waals surface area contributed by atoms with E-state index in [1.54, 1.807) is 38.4 Å². The maximum atomic E-state index is 12.1. The third-order valence-corrected chi connectivity index (χ3v) is 5.60. The molecule has 1 heterocycles. The fourth-order valence-electron chi connectivity index (χ4n) is 3.61. The number of aromatic nitrogens is 1. The normalized spacial score (nSPS) is 13.1. The molecular weight excluding hydrogens is 522 g/mol. The maximum absolute atomic E-state index is 12.1. The Morgan fingerprint density at radius 1 is 0.769 bits per heavy atom. The van der Waals surface area contributed by atoms with Crippen molar-refractivity contribution in [3.8, 4) is 0 Å². The van der Waals surface area contributed by atoms with Gasteiger partial charge in [0.2, 0.25) is 0 Å². The Labute approximate surface area is 235 Å². The van der Waals surface area contributed by atoms with Crippen LogP contribution in [0.5, 0.6) is 0 Å². The molecule has 1 amide bonds. The second-order valence-corrected chi connectivity index (χ2v) is 9.11. The van der Waals surface area contributed by atoms with Gasteiger partial charge in [0.1, 0.15) is 17.7 Å². The van der Waals surface area contributed by atoms with Crippen LogP contribution in [0.1, 0.15) is 30.5 Å². The van der Waals surface area contributed by atoms with Crippen molar-refractivity contribution in [3.05, 3.63) is 102 Å². The number of rotatable bonds is 9. The second-order valence-electron chi connectivity index (χ2n) is 9.11. The minimum atomic E-state index is -1.22. The molecule has 0 fully saturated rings. The van der Waals surface area contributed by atoms with Crippen LogP contribution >= 0.6 is 12.4 Å². The van der Waals surface area contributed by atoms with E-state index in [0.29, 0.717) is 12.8 Å². The molecule has 10 heteroatoms. The van der Waals surface area contributed by atoms with E-state index in [1.807, 2.05) is 60.7 Å². The maximum Gasteiger partial charge on any atom is 0.408 e. The van der Waals surface area contributed by atoms with Gasteiger partial charge in [0.25, 0.3) is 0 Å². The predicted octanol–water partition coefficient (Wildman–Crippen LogP) is 4.02. The van der Waals surface area contributed by atoms with Gasteiger partial charge in [0.15, 0.2) is 0 Å². The molecule has 3 aromatic rings. The summed E-state index contributed by atoms with van der Waals surface area (Å²) in [6, 6.07) is 22.5. The highest BCUT2D eigenvalue weighted by molar-refractivity contribution is 5.86. The van der Waals surface area contributed by atoms with Gasteiger partial charge in [0, 0.05) is 25.2 Å². The van der Waals surface area contributed by atoms with Crippen LogP contribution in [0.25, 0.3) is 0 Å². The van der Waals surface area contributed by atoms with Gasteiger partial charge in [-0.15, -0.1) is 12.4 Å². The number of pyridine rings is 1. The number of carbonyl (C=O) groups excluding carboxylic acids is 3. The molecule has 2 aromatic carbocycles. The van der Waals surface area contributed by atoms with Crippen LogP contribution in [0.2, 0.25) is 0 Å². The first kappa shape index (κ1) is 33.1. The summed E-state index contributed by atoms with van der Waals surface area (Å²) in [6.45, 7) is 3.38. The summed E-state index contributed by atoms with van der Waals surface area (Å²) in [5.74, 6) is -0.923. The number of nitrogens with two attached hydrogens (primary N) is 1. The summed E-state index contributed by atoms with van der Waals surface area (Å²) < 4.78 is 14.6. The third kappa shape index (κ3) is 11.1. The van der Waals surface area contributed by atoms with Crippen LogP contribution in [0.3, 0.4) is 0 Å². The fourth-order valence-corrected chi connectivity index (χ4v) is 3.61. The molecule has 0 bridgehead atoms. The number of alkyl carbamates (subject to hydrolysis) is 1. The van der Waals surface area contributed by atoms with Crippen molar-refractivity contribution >= 4 is 30.4 Å². The SMILES string of the molecule is COC(=O)[C@@](C)(N)Cc1ccccc1.COC(=O)[C@](C)(Cc1ccccc1)NC(=O)OCc1ccncc1.Cl. The van der Waals surface area contributed by atoms with Crippen LogP contribution in [0, 0.1) is 0 Å². The van der Waals surface area contributed by atoms with Gasteiger partial charge >= 0.3 is 18.0 Å². The molecule has 210 valence electrons. The standard InChI is InChI=1S/C18H20N2O4.C11H15NO2.ClH/c1-18(16(21)23-2,12-14-6-4-3-5-7-14)20-17(22)24-13-15-8-10-19-11-9-15;1-11(12,10(13)14-2)8-9-6-4-3-5-7-9;/h3-11H,12-13H2,1-2H3,(H,20,22);3-7H,8,12H2,1-2H3;1H/t18-;11-;/m00./s1. The molecule has 0 saturated carbocycles. The van der Waals surface area contributed by atoms with E-state index < -0.39 is 23.1 Å². The van der Waals surface area contributed by atoms with Crippen molar-refractivity contribution in [2.45, 2.75) is 44.4 Å². The first-order chi connectivity index (χ1) is 18.1. The highest BCUT2D eigenvalue weighted by Gasteiger charge is 2.37. The van der Waals surface area contributed by atoms with Crippen molar-refractivity contribution in [1.29, 1.82) is 0 Å². The molecule has 0 aliphatic heterocycles. The molecule has 0 saturated heterocycles.